The molecule has 0 aliphatic carbocycles. The highest BCUT2D eigenvalue weighted by Gasteiger charge is 2.17. The van der Waals surface area contributed by atoms with Crippen LogP contribution in [0.1, 0.15) is 45.9 Å². The third-order valence-corrected chi connectivity index (χ3v) is 2.75. The van der Waals surface area contributed by atoms with Crippen LogP contribution >= 0.6 is 0 Å². The summed E-state index contributed by atoms with van der Waals surface area (Å²) in [5.41, 5.74) is 1.15. The first-order valence-corrected chi connectivity index (χ1v) is 5.82. The van der Waals surface area contributed by atoms with Gasteiger partial charge >= 0.3 is 0 Å². The Morgan fingerprint density at radius 1 is 1.27 bits per heavy atom. The molecule has 0 aliphatic rings. The van der Waals surface area contributed by atoms with Gasteiger partial charge in [0.2, 0.25) is 0 Å². The molecule has 1 rings (SSSR count). The minimum absolute atomic E-state index is 0.362. The van der Waals surface area contributed by atoms with Crippen LogP contribution in [-0.2, 0) is 0 Å². The molecule has 84 valence electrons. The fraction of sp³-hybridized carbons (Fsp3) is 0.615. The lowest BCUT2D eigenvalue weighted by Crippen LogP contribution is -2.33. The molecule has 0 spiro atoms. The third-order valence-electron chi connectivity index (χ3n) is 2.75. The summed E-state index contributed by atoms with van der Waals surface area (Å²) >= 11 is 0. The van der Waals surface area contributed by atoms with Crippen molar-refractivity contribution in [3.8, 4) is 0 Å². The molecule has 2 heteroatoms. The lowest BCUT2D eigenvalue weighted by molar-refractivity contribution is 0.358. The standard InChI is InChI=1S/C13H22N2/c1-5-11(4)15-13(10(2)3)12-8-6-7-9-14-12/h6-11,13,15H,5H2,1-4H3. The van der Waals surface area contributed by atoms with Gasteiger partial charge in [-0.3, -0.25) is 4.98 Å². The summed E-state index contributed by atoms with van der Waals surface area (Å²) in [4.78, 5) is 4.43. The zero-order chi connectivity index (χ0) is 11.3. The summed E-state index contributed by atoms with van der Waals surface area (Å²) in [6.07, 6.45) is 3.01. The number of rotatable bonds is 5. The fourth-order valence-corrected chi connectivity index (χ4v) is 1.60. The van der Waals surface area contributed by atoms with Crippen LogP contribution in [0.5, 0.6) is 0 Å². The topological polar surface area (TPSA) is 24.9 Å². The summed E-state index contributed by atoms with van der Waals surface area (Å²) in [5.74, 6) is 0.564. The van der Waals surface area contributed by atoms with Crippen LogP contribution < -0.4 is 5.32 Å². The van der Waals surface area contributed by atoms with E-state index in [2.05, 4.69) is 50.1 Å². The predicted molar refractivity (Wildman–Crippen MR) is 64.7 cm³/mol. The van der Waals surface area contributed by atoms with Gasteiger partial charge in [0, 0.05) is 12.2 Å². The van der Waals surface area contributed by atoms with Crippen molar-refractivity contribution in [3.05, 3.63) is 30.1 Å². The normalized spacial score (nSPS) is 15.3. The highest BCUT2D eigenvalue weighted by Crippen LogP contribution is 2.20. The molecule has 0 amide bonds. The smallest absolute Gasteiger partial charge is 0.0575 e. The van der Waals surface area contributed by atoms with Gasteiger partial charge in [-0.2, -0.15) is 0 Å². The zero-order valence-electron chi connectivity index (χ0n) is 10.2. The summed E-state index contributed by atoms with van der Waals surface area (Å²) in [6, 6.07) is 7.01. The molecule has 0 aliphatic heterocycles. The molecule has 0 fully saturated rings. The van der Waals surface area contributed by atoms with Gasteiger partial charge < -0.3 is 5.32 Å². The van der Waals surface area contributed by atoms with Crippen molar-refractivity contribution in [2.45, 2.75) is 46.2 Å². The van der Waals surface area contributed by atoms with Crippen molar-refractivity contribution in [2.24, 2.45) is 5.92 Å². The summed E-state index contributed by atoms with van der Waals surface area (Å²) < 4.78 is 0. The minimum atomic E-state index is 0.362. The van der Waals surface area contributed by atoms with Crippen molar-refractivity contribution in [2.75, 3.05) is 0 Å². The van der Waals surface area contributed by atoms with E-state index in [0.29, 0.717) is 18.0 Å². The molecule has 0 saturated heterocycles. The Morgan fingerprint density at radius 3 is 2.47 bits per heavy atom. The average molecular weight is 206 g/mol. The second-order valence-electron chi connectivity index (χ2n) is 4.45. The zero-order valence-corrected chi connectivity index (χ0v) is 10.2. The monoisotopic (exact) mass is 206 g/mol. The first kappa shape index (κ1) is 12.2. The van der Waals surface area contributed by atoms with E-state index in [0.717, 1.165) is 12.1 Å². The van der Waals surface area contributed by atoms with Crippen LogP contribution in [0.4, 0.5) is 0 Å². The Bertz CT molecular complexity index is 269. The lowest BCUT2D eigenvalue weighted by Gasteiger charge is -2.25. The highest BCUT2D eigenvalue weighted by molar-refractivity contribution is 5.09. The molecule has 0 radical (unpaired) electrons. The Morgan fingerprint density at radius 2 is 2.00 bits per heavy atom. The van der Waals surface area contributed by atoms with E-state index >= 15 is 0 Å². The van der Waals surface area contributed by atoms with Gasteiger partial charge in [-0.05, 0) is 31.4 Å². The summed E-state index contributed by atoms with van der Waals surface area (Å²) in [7, 11) is 0. The SMILES string of the molecule is CCC(C)NC(c1ccccn1)C(C)C. The van der Waals surface area contributed by atoms with Gasteiger partial charge in [-0.25, -0.2) is 0 Å². The second kappa shape index (κ2) is 5.86. The second-order valence-corrected chi connectivity index (χ2v) is 4.45. The molecule has 0 saturated carbocycles. The average Bonchev–Trinajstić information content (AvgIpc) is 2.26. The summed E-state index contributed by atoms with van der Waals surface area (Å²) in [5, 5.41) is 3.62. The molecule has 1 heterocycles. The molecule has 0 aromatic carbocycles. The number of nitrogens with one attached hydrogen (secondary N) is 1. The number of aromatic nitrogens is 1. The Kier molecular flexibility index (Phi) is 4.76. The van der Waals surface area contributed by atoms with E-state index in [1.165, 1.54) is 0 Å². The van der Waals surface area contributed by atoms with E-state index in [-0.39, 0.29) is 0 Å². The van der Waals surface area contributed by atoms with Crippen LogP contribution in [0.25, 0.3) is 0 Å². The maximum absolute atomic E-state index is 4.43. The van der Waals surface area contributed by atoms with Gasteiger partial charge in [-0.15, -0.1) is 0 Å². The lowest BCUT2D eigenvalue weighted by atomic mass is 9.99. The van der Waals surface area contributed by atoms with Gasteiger partial charge in [0.25, 0.3) is 0 Å². The van der Waals surface area contributed by atoms with Gasteiger partial charge in [0.15, 0.2) is 0 Å². The summed E-state index contributed by atoms with van der Waals surface area (Å²) in [6.45, 7) is 8.88. The first-order chi connectivity index (χ1) is 7.15. The number of hydrogen-bond donors (Lipinski definition) is 1. The van der Waals surface area contributed by atoms with E-state index in [9.17, 15) is 0 Å². The van der Waals surface area contributed by atoms with Gasteiger partial charge in [0.05, 0.1) is 11.7 Å². The Hall–Kier alpha value is -0.890. The van der Waals surface area contributed by atoms with E-state index in [4.69, 9.17) is 0 Å². The molecule has 1 aromatic heterocycles. The van der Waals surface area contributed by atoms with Gasteiger partial charge in [0.1, 0.15) is 0 Å². The van der Waals surface area contributed by atoms with Gasteiger partial charge in [-0.1, -0.05) is 26.8 Å². The number of hydrogen-bond acceptors (Lipinski definition) is 2. The van der Waals surface area contributed by atoms with Crippen LogP contribution in [0, 0.1) is 5.92 Å². The highest BCUT2D eigenvalue weighted by atomic mass is 15.0. The third kappa shape index (κ3) is 3.63. The van der Waals surface area contributed by atoms with Crippen LogP contribution in [0.2, 0.25) is 0 Å². The molecule has 0 bridgehead atoms. The molecular formula is C13H22N2. The molecular weight excluding hydrogens is 184 g/mol. The number of nitrogens with zero attached hydrogens (tertiary/aromatic N) is 1. The van der Waals surface area contributed by atoms with Crippen LogP contribution in [-0.4, -0.2) is 11.0 Å². The molecule has 2 unspecified atom stereocenters. The maximum Gasteiger partial charge on any atom is 0.0575 e. The van der Waals surface area contributed by atoms with Crippen molar-refractivity contribution >= 4 is 0 Å². The molecule has 2 nitrogen and oxygen atoms in total. The fourth-order valence-electron chi connectivity index (χ4n) is 1.60. The minimum Gasteiger partial charge on any atom is -0.306 e. The van der Waals surface area contributed by atoms with E-state index < -0.39 is 0 Å². The molecule has 1 N–H and O–H groups in total. The quantitative estimate of drug-likeness (QED) is 0.800. The van der Waals surface area contributed by atoms with Crippen molar-refractivity contribution in [1.29, 1.82) is 0 Å². The Balaban J connectivity index is 2.75. The largest absolute Gasteiger partial charge is 0.306 e. The molecule has 2 atom stereocenters. The molecule has 1 aromatic rings. The van der Waals surface area contributed by atoms with Crippen LogP contribution in [0.3, 0.4) is 0 Å². The van der Waals surface area contributed by atoms with Crippen molar-refractivity contribution in [1.82, 2.24) is 10.3 Å². The Labute approximate surface area is 93.1 Å². The maximum atomic E-state index is 4.43. The van der Waals surface area contributed by atoms with Crippen LogP contribution in [0.15, 0.2) is 24.4 Å². The van der Waals surface area contributed by atoms with E-state index in [1.54, 1.807) is 0 Å². The molecule has 15 heavy (non-hydrogen) atoms. The number of pyridine rings is 1. The van der Waals surface area contributed by atoms with E-state index in [1.807, 2.05) is 12.3 Å². The first-order valence-electron chi connectivity index (χ1n) is 5.82. The van der Waals surface area contributed by atoms with Crippen molar-refractivity contribution in [3.63, 3.8) is 0 Å². The predicted octanol–water partition coefficient (Wildman–Crippen LogP) is 3.17. The van der Waals surface area contributed by atoms with Crippen molar-refractivity contribution < 1.29 is 0 Å².